The molecule has 0 heterocycles. The van der Waals surface area contributed by atoms with E-state index >= 15 is 0 Å². The number of nitrogen functional groups attached to an aromatic ring is 1. The molecule has 2 rings (SSSR count). The number of hydrogen-bond donors (Lipinski definition) is 1. The van der Waals surface area contributed by atoms with Crippen LogP contribution in [-0.4, -0.2) is 0 Å². The number of nitrogens with two attached hydrogens (primary N) is 1. The third-order valence-corrected chi connectivity index (χ3v) is 3.33. The molecule has 0 aliphatic rings. The molecule has 0 spiro atoms. The van der Waals surface area contributed by atoms with Gasteiger partial charge in [-0.25, -0.2) is 0 Å². The number of aryl methyl sites for hydroxylation is 1. The largest absolute Gasteiger partial charge is 0.456 e. The van der Waals surface area contributed by atoms with Crippen LogP contribution in [0.5, 0.6) is 11.5 Å². The summed E-state index contributed by atoms with van der Waals surface area (Å²) in [5, 5.41) is 0. The molecule has 0 saturated carbocycles. The molecular formula is C14H11BrF3NO. The summed E-state index contributed by atoms with van der Waals surface area (Å²) >= 11 is 3.27. The fraction of sp³-hybridized carbons (Fsp3) is 0.143. The molecule has 0 unspecified atom stereocenters. The average Bonchev–Trinajstić information content (AvgIpc) is 2.35. The summed E-state index contributed by atoms with van der Waals surface area (Å²) in [4.78, 5) is 0. The minimum Gasteiger partial charge on any atom is -0.456 e. The van der Waals surface area contributed by atoms with E-state index < -0.39 is 11.7 Å². The molecule has 2 nitrogen and oxygen atoms in total. The van der Waals surface area contributed by atoms with Crippen molar-refractivity contribution >= 4 is 21.6 Å². The Balaban J connectivity index is 2.33. The van der Waals surface area contributed by atoms with Crippen LogP contribution in [0.15, 0.2) is 40.9 Å². The average molecular weight is 346 g/mol. The van der Waals surface area contributed by atoms with Gasteiger partial charge in [0.1, 0.15) is 11.5 Å². The second-order valence-corrected chi connectivity index (χ2v) is 5.12. The van der Waals surface area contributed by atoms with Crippen molar-refractivity contribution in [2.45, 2.75) is 13.1 Å². The molecule has 0 aliphatic carbocycles. The third kappa shape index (κ3) is 3.25. The lowest BCUT2D eigenvalue weighted by molar-refractivity contribution is -0.137. The van der Waals surface area contributed by atoms with Crippen molar-refractivity contribution < 1.29 is 17.9 Å². The maximum atomic E-state index is 12.6. The molecule has 6 heteroatoms. The maximum Gasteiger partial charge on any atom is 0.416 e. The molecule has 0 radical (unpaired) electrons. The van der Waals surface area contributed by atoms with Crippen LogP contribution in [-0.2, 0) is 6.18 Å². The fourth-order valence-electron chi connectivity index (χ4n) is 1.61. The number of halogens is 4. The molecule has 2 aromatic rings. The Morgan fingerprint density at radius 2 is 1.85 bits per heavy atom. The van der Waals surface area contributed by atoms with Gasteiger partial charge >= 0.3 is 6.18 Å². The summed E-state index contributed by atoms with van der Waals surface area (Å²) in [6.45, 7) is 1.79. The van der Waals surface area contributed by atoms with E-state index in [1.165, 1.54) is 12.1 Å². The van der Waals surface area contributed by atoms with Crippen molar-refractivity contribution in [1.29, 1.82) is 0 Å². The molecule has 0 bridgehead atoms. The van der Waals surface area contributed by atoms with Crippen LogP contribution in [0.2, 0.25) is 0 Å². The van der Waals surface area contributed by atoms with E-state index in [0.717, 1.165) is 17.7 Å². The van der Waals surface area contributed by atoms with Crippen LogP contribution >= 0.6 is 15.9 Å². The first-order chi connectivity index (χ1) is 9.27. The van der Waals surface area contributed by atoms with Crippen LogP contribution in [0.4, 0.5) is 18.9 Å². The van der Waals surface area contributed by atoms with Crippen molar-refractivity contribution in [2.24, 2.45) is 0 Å². The molecule has 0 aromatic heterocycles. The molecular weight excluding hydrogens is 335 g/mol. The number of benzene rings is 2. The highest BCUT2D eigenvalue weighted by Crippen LogP contribution is 2.36. The summed E-state index contributed by atoms with van der Waals surface area (Å²) in [7, 11) is 0. The Morgan fingerprint density at radius 3 is 2.50 bits per heavy atom. The van der Waals surface area contributed by atoms with Crippen LogP contribution in [0, 0.1) is 6.92 Å². The third-order valence-electron chi connectivity index (χ3n) is 2.71. The second kappa shape index (κ2) is 5.36. The smallest absolute Gasteiger partial charge is 0.416 e. The van der Waals surface area contributed by atoms with Crippen LogP contribution in [0.25, 0.3) is 0 Å². The minimum absolute atomic E-state index is 0.115. The lowest BCUT2D eigenvalue weighted by Gasteiger charge is -2.12. The SMILES string of the molecule is Cc1cc(Oc2cccc(C(F)(F)F)c2)c(Br)cc1N. The second-order valence-electron chi connectivity index (χ2n) is 4.27. The van der Waals surface area contributed by atoms with Gasteiger partial charge in [0.15, 0.2) is 0 Å². The number of hydrogen-bond acceptors (Lipinski definition) is 2. The summed E-state index contributed by atoms with van der Waals surface area (Å²) in [5.41, 5.74) is 6.34. The van der Waals surface area contributed by atoms with Crippen molar-refractivity contribution in [3.63, 3.8) is 0 Å². The highest BCUT2D eigenvalue weighted by Gasteiger charge is 2.30. The molecule has 0 atom stereocenters. The summed E-state index contributed by atoms with van der Waals surface area (Å²) in [6.07, 6.45) is -4.40. The van der Waals surface area contributed by atoms with E-state index in [2.05, 4.69) is 15.9 Å². The zero-order valence-electron chi connectivity index (χ0n) is 10.5. The molecule has 0 amide bonds. The normalized spacial score (nSPS) is 11.4. The number of alkyl halides is 3. The fourth-order valence-corrected chi connectivity index (χ4v) is 2.05. The first-order valence-corrected chi connectivity index (χ1v) is 6.47. The standard InChI is InChI=1S/C14H11BrF3NO/c1-8-5-13(11(15)7-12(8)19)20-10-4-2-3-9(6-10)14(16,17)18/h2-7H,19H2,1H3. The molecule has 0 fully saturated rings. The van der Waals surface area contributed by atoms with E-state index in [4.69, 9.17) is 10.5 Å². The number of ether oxygens (including phenoxy) is 1. The predicted octanol–water partition coefficient (Wildman–Crippen LogP) is 5.15. The minimum atomic E-state index is -4.40. The molecule has 0 aliphatic heterocycles. The van der Waals surface area contributed by atoms with Gasteiger partial charge in [-0.15, -0.1) is 0 Å². The van der Waals surface area contributed by atoms with Gasteiger partial charge in [-0.2, -0.15) is 13.2 Å². The lowest BCUT2D eigenvalue weighted by atomic mass is 10.2. The quantitative estimate of drug-likeness (QED) is 0.763. The highest BCUT2D eigenvalue weighted by atomic mass is 79.9. The Labute approximate surface area is 122 Å². The van der Waals surface area contributed by atoms with Gasteiger partial charge in [0.25, 0.3) is 0 Å². The summed E-state index contributed by atoms with van der Waals surface area (Å²) < 4.78 is 43.9. The van der Waals surface area contributed by atoms with Crippen molar-refractivity contribution in [3.05, 3.63) is 52.0 Å². The van der Waals surface area contributed by atoms with E-state index in [-0.39, 0.29) is 5.75 Å². The van der Waals surface area contributed by atoms with E-state index in [9.17, 15) is 13.2 Å². The van der Waals surface area contributed by atoms with E-state index in [1.807, 2.05) is 0 Å². The Morgan fingerprint density at radius 1 is 1.15 bits per heavy atom. The molecule has 2 aromatic carbocycles. The number of anilines is 1. The molecule has 0 saturated heterocycles. The van der Waals surface area contributed by atoms with Gasteiger partial charge in [0.2, 0.25) is 0 Å². The van der Waals surface area contributed by atoms with Gasteiger partial charge in [0.05, 0.1) is 10.0 Å². The summed E-state index contributed by atoms with van der Waals surface area (Å²) in [5.74, 6) is 0.528. The molecule has 2 N–H and O–H groups in total. The monoisotopic (exact) mass is 345 g/mol. The van der Waals surface area contributed by atoms with Crippen molar-refractivity contribution in [1.82, 2.24) is 0 Å². The zero-order chi connectivity index (χ0) is 14.9. The van der Waals surface area contributed by atoms with Gasteiger partial charge in [-0.1, -0.05) is 6.07 Å². The van der Waals surface area contributed by atoms with Gasteiger partial charge in [-0.3, -0.25) is 0 Å². The van der Waals surface area contributed by atoms with Gasteiger partial charge in [-0.05, 0) is 58.7 Å². The van der Waals surface area contributed by atoms with Gasteiger partial charge in [0, 0.05) is 5.69 Å². The Bertz CT molecular complexity index is 641. The van der Waals surface area contributed by atoms with E-state index in [1.54, 1.807) is 19.1 Å². The first-order valence-electron chi connectivity index (χ1n) is 5.68. The lowest BCUT2D eigenvalue weighted by Crippen LogP contribution is -2.04. The highest BCUT2D eigenvalue weighted by molar-refractivity contribution is 9.10. The van der Waals surface area contributed by atoms with Crippen molar-refractivity contribution in [2.75, 3.05) is 5.73 Å². The van der Waals surface area contributed by atoms with Crippen molar-refractivity contribution in [3.8, 4) is 11.5 Å². The molecule has 106 valence electrons. The number of rotatable bonds is 2. The molecule has 20 heavy (non-hydrogen) atoms. The van der Waals surface area contributed by atoms with Gasteiger partial charge < -0.3 is 10.5 Å². The Kier molecular flexibility index (Phi) is 3.94. The van der Waals surface area contributed by atoms with Crippen LogP contribution in [0.1, 0.15) is 11.1 Å². The first kappa shape index (κ1) is 14.7. The topological polar surface area (TPSA) is 35.2 Å². The van der Waals surface area contributed by atoms with E-state index in [0.29, 0.717) is 15.9 Å². The predicted molar refractivity (Wildman–Crippen MR) is 74.8 cm³/mol. The Hall–Kier alpha value is -1.69. The van der Waals surface area contributed by atoms with Crippen LogP contribution in [0.3, 0.4) is 0 Å². The zero-order valence-corrected chi connectivity index (χ0v) is 12.0. The van der Waals surface area contributed by atoms with Crippen LogP contribution < -0.4 is 10.5 Å². The summed E-state index contributed by atoms with van der Waals surface area (Å²) in [6, 6.07) is 8.04. The maximum absolute atomic E-state index is 12.6.